The second-order valence-corrected chi connectivity index (χ2v) is 3.79. The number of piperazine rings is 1. The number of likely N-dealkylation sites (N-methyl/N-ethyl adjacent to an activating group) is 1. The molecule has 0 amide bonds. The molecule has 0 aliphatic carbocycles. The van der Waals surface area contributed by atoms with Gasteiger partial charge in [0.2, 0.25) is 0 Å². The van der Waals surface area contributed by atoms with E-state index in [0.29, 0.717) is 12.6 Å². The van der Waals surface area contributed by atoms with Crippen molar-refractivity contribution < 1.29 is 9.53 Å². The average Bonchev–Trinajstić information content (AvgIpc) is 2.18. The molecule has 1 atom stereocenters. The van der Waals surface area contributed by atoms with Gasteiger partial charge in [0.25, 0.3) is 0 Å². The topological polar surface area (TPSA) is 32.8 Å². The SMILES string of the molecule is CCN1CCN(CC(=O)OC)CC1C. The molecular weight excluding hydrogens is 180 g/mol. The molecule has 4 heteroatoms. The molecule has 4 nitrogen and oxygen atoms in total. The molecule has 0 aromatic heterocycles. The fraction of sp³-hybridized carbons (Fsp3) is 0.900. The van der Waals surface area contributed by atoms with E-state index in [2.05, 4.69) is 28.4 Å². The van der Waals surface area contributed by atoms with E-state index in [0.717, 1.165) is 26.2 Å². The molecule has 0 saturated carbocycles. The lowest BCUT2D eigenvalue weighted by Crippen LogP contribution is -2.52. The molecule has 82 valence electrons. The van der Waals surface area contributed by atoms with E-state index in [1.165, 1.54) is 7.11 Å². The van der Waals surface area contributed by atoms with Crippen molar-refractivity contribution in [3.05, 3.63) is 0 Å². The predicted molar refractivity (Wildman–Crippen MR) is 55.2 cm³/mol. The molecule has 0 aromatic rings. The first-order chi connectivity index (χ1) is 6.67. The van der Waals surface area contributed by atoms with Gasteiger partial charge in [0.15, 0.2) is 0 Å². The first-order valence-electron chi connectivity index (χ1n) is 5.20. The minimum atomic E-state index is -0.137. The zero-order valence-electron chi connectivity index (χ0n) is 9.32. The summed E-state index contributed by atoms with van der Waals surface area (Å²) in [5, 5.41) is 0. The zero-order valence-corrected chi connectivity index (χ0v) is 9.32. The van der Waals surface area contributed by atoms with Gasteiger partial charge in [-0.1, -0.05) is 6.92 Å². The molecule has 1 unspecified atom stereocenters. The molecule has 0 aromatic carbocycles. The van der Waals surface area contributed by atoms with Crippen LogP contribution in [0.4, 0.5) is 0 Å². The summed E-state index contributed by atoms with van der Waals surface area (Å²) in [6.07, 6.45) is 0. The summed E-state index contributed by atoms with van der Waals surface area (Å²) in [4.78, 5) is 15.6. The number of carbonyl (C=O) groups is 1. The van der Waals surface area contributed by atoms with Crippen LogP contribution in [0.5, 0.6) is 0 Å². The monoisotopic (exact) mass is 200 g/mol. The van der Waals surface area contributed by atoms with E-state index in [4.69, 9.17) is 0 Å². The Morgan fingerprint density at radius 3 is 2.71 bits per heavy atom. The fourth-order valence-electron chi connectivity index (χ4n) is 1.93. The lowest BCUT2D eigenvalue weighted by Gasteiger charge is -2.38. The normalized spacial score (nSPS) is 24.9. The first-order valence-corrected chi connectivity index (χ1v) is 5.20. The summed E-state index contributed by atoms with van der Waals surface area (Å²) in [6.45, 7) is 8.87. The number of rotatable bonds is 3. The van der Waals surface area contributed by atoms with Crippen molar-refractivity contribution in [2.75, 3.05) is 39.8 Å². The number of methoxy groups -OCH3 is 1. The number of esters is 1. The van der Waals surface area contributed by atoms with Crippen molar-refractivity contribution >= 4 is 5.97 Å². The number of carbonyl (C=O) groups excluding carboxylic acids is 1. The van der Waals surface area contributed by atoms with E-state index in [1.54, 1.807) is 0 Å². The Hall–Kier alpha value is -0.610. The van der Waals surface area contributed by atoms with Crippen molar-refractivity contribution in [2.45, 2.75) is 19.9 Å². The predicted octanol–water partition coefficient (Wildman–Crippen LogP) is 0.185. The summed E-state index contributed by atoms with van der Waals surface area (Å²) in [5.41, 5.74) is 0. The first kappa shape index (κ1) is 11.5. The number of ether oxygens (including phenoxy) is 1. The smallest absolute Gasteiger partial charge is 0.319 e. The van der Waals surface area contributed by atoms with Crippen molar-refractivity contribution in [1.82, 2.24) is 9.80 Å². The number of hydrogen-bond donors (Lipinski definition) is 0. The highest BCUT2D eigenvalue weighted by molar-refractivity contribution is 5.71. The molecule has 0 radical (unpaired) electrons. The molecule has 1 heterocycles. The molecular formula is C10H20N2O2. The average molecular weight is 200 g/mol. The summed E-state index contributed by atoms with van der Waals surface area (Å²) < 4.78 is 4.65. The lowest BCUT2D eigenvalue weighted by atomic mass is 10.2. The molecule has 0 bridgehead atoms. The van der Waals surface area contributed by atoms with Crippen molar-refractivity contribution in [2.24, 2.45) is 0 Å². The van der Waals surface area contributed by atoms with E-state index >= 15 is 0 Å². The zero-order chi connectivity index (χ0) is 10.6. The number of nitrogens with zero attached hydrogens (tertiary/aromatic N) is 2. The van der Waals surface area contributed by atoms with E-state index in [1.807, 2.05) is 0 Å². The van der Waals surface area contributed by atoms with Gasteiger partial charge in [0.05, 0.1) is 13.7 Å². The Kier molecular flexibility index (Phi) is 4.35. The van der Waals surface area contributed by atoms with Gasteiger partial charge in [-0.2, -0.15) is 0 Å². The largest absolute Gasteiger partial charge is 0.468 e. The molecule has 0 N–H and O–H groups in total. The van der Waals surface area contributed by atoms with Gasteiger partial charge >= 0.3 is 5.97 Å². The van der Waals surface area contributed by atoms with E-state index in [-0.39, 0.29) is 5.97 Å². The molecule has 1 aliphatic heterocycles. The Labute approximate surface area is 85.8 Å². The van der Waals surface area contributed by atoms with Crippen molar-refractivity contribution in [1.29, 1.82) is 0 Å². The molecule has 0 spiro atoms. The van der Waals surface area contributed by atoms with Crippen LogP contribution in [0.3, 0.4) is 0 Å². The van der Waals surface area contributed by atoms with Gasteiger partial charge in [-0.25, -0.2) is 0 Å². The standard InChI is InChI=1S/C10H20N2O2/c1-4-12-6-5-11(7-9(12)2)8-10(13)14-3/h9H,4-8H2,1-3H3. The lowest BCUT2D eigenvalue weighted by molar-refractivity contribution is -0.142. The Bertz CT molecular complexity index is 197. The van der Waals surface area contributed by atoms with Crippen molar-refractivity contribution in [3.63, 3.8) is 0 Å². The van der Waals surface area contributed by atoms with Crippen LogP contribution in [0, 0.1) is 0 Å². The van der Waals surface area contributed by atoms with Crippen LogP contribution in [0.25, 0.3) is 0 Å². The van der Waals surface area contributed by atoms with Gasteiger partial charge in [-0.3, -0.25) is 14.6 Å². The molecule has 1 rings (SSSR count). The summed E-state index contributed by atoms with van der Waals surface area (Å²) in [5.74, 6) is -0.137. The highest BCUT2D eigenvalue weighted by Gasteiger charge is 2.23. The van der Waals surface area contributed by atoms with Crippen LogP contribution < -0.4 is 0 Å². The van der Waals surface area contributed by atoms with E-state index in [9.17, 15) is 4.79 Å². The minimum absolute atomic E-state index is 0.137. The number of hydrogen-bond acceptors (Lipinski definition) is 4. The molecule has 1 fully saturated rings. The van der Waals surface area contributed by atoms with Crippen molar-refractivity contribution in [3.8, 4) is 0 Å². The Balaban J connectivity index is 2.35. The molecule has 14 heavy (non-hydrogen) atoms. The van der Waals surface area contributed by atoms with Gasteiger partial charge in [-0.15, -0.1) is 0 Å². The van der Waals surface area contributed by atoms with Gasteiger partial charge < -0.3 is 4.74 Å². The second-order valence-electron chi connectivity index (χ2n) is 3.79. The maximum absolute atomic E-state index is 11.1. The highest BCUT2D eigenvalue weighted by Crippen LogP contribution is 2.08. The maximum atomic E-state index is 11.1. The summed E-state index contributed by atoms with van der Waals surface area (Å²) >= 11 is 0. The fourth-order valence-corrected chi connectivity index (χ4v) is 1.93. The minimum Gasteiger partial charge on any atom is -0.468 e. The van der Waals surface area contributed by atoms with Crippen LogP contribution in [0.2, 0.25) is 0 Å². The third kappa shape index (κ3) is 2.96. The van der Waals surface area contributed by atoms with Gasteiger partial charge in [0, 0.05) is 25.7 Å². The van der Waals surface area contributed by atoms with Crippen LogP contribution >= 0.6 is 0 Å². The summed E-state index contributed by atoms with van der Waals surface area (Å²) in [7, 11) is 1.44. The highest BCUT2D eigenvalue weighted by atomic mass is 16.5. The molecule has 1 aliphatic rings. The van der Waals surface area contributed by atoms with Gasteiger partial charge in [-0.05, 0) is 13.5 Å². The Morgan fingerprint density at radius 1 is 1.50 bits per heavy atom. The van der Waals surface area contributed by atoms with E-state index < -0.39 is 0 Å². The maximum Gasteiger partial charge on any atom is 0.319 e. The second kappa shape index (κ2) is 5.32. The third-order valence-electron chi connectivity index (χ3n) is 2.84. The van der Waals surface area contributed by atoms with Crippen LogP contribution in [0.15, 0.2) is 0 Å². The summed E-state index contributed by atoms with van der Waals surface area (Å²) in [6, 6.07) is 0.540. The van der Waals surface area contributed by atoms with Crippen LogP contribution in [-0.2, 0) is 9.53 Å². The van der Waals surface area contributed by atoms with Gasteiger partial charge in [0.1, 0.15) is 0 Å². The Morgan fingerprint density at radius 2 is 2.21 bits per heavy atom. The third-order valence-corrected chi connectivity index (χ3v) is 2.84. The van der Waals surface area contributed by atoms with Crippen LogP contribution in [0.1, 0.15) is 13.8 Å². The van der Waals surface area contributed by atoms with Crippen LogP contribution in [-0.4, -0.2) is 61.6 Å². The quantitative estimate of drug-likeness (QED) is 0.609. The molecule has 1 saturated heterocycles.